The Bertz CT molecular complexity index is 340. The molecule has 0 aromatic rings. The molecule has 2 nitrogen and oxygen atoms in total. The summed E-state index contributed by atoms with van der Waals surface area (Å²) >= 11 is 11.7. The fraction of sp³-hybridized carbons (Fsp3) is 0.727. The van der Waals surface area contributed by atoms with Gasteiger partial charge in [-0.25, -0.2) is 0 Å². The lowest BCUT2D eigenvalue weighted by molar-refractivity contribution is -0.119. The van der Waals surface area contributed by atoms with Gasteiger partial charge in [0.1, 0.15) is 5.76 Å². The third kappa shape index (κ3) is 2.82. The summed E-state index contributed by atoms with van der Waals surface area (Å²) < 4.78 is 3.71. The number of hydrogen-bond acceptors (Lipinski definition) is 2. The zero-order chi connectivity index (χ0) is 12.7. The Morgan fingerprint density at radius 3 is 2.19 bits per heavy atom. The molecule has 1 rings (SSSR count). The van der Waals surface area contributed by atoms with E-state index in [2.05, 4.69) is 33.5 Å². The average Bonchev–Trinajstić information content (AvgIpc) is 2.18. The zero-order valence-corrected chi connectivity index (χ0v) is 12.9. The fourth-order valence-electron chi connectivity index (χ4n) is 1.80. The van der Waals surface area contributed by atoms with Crippen molar-refractivity contribution in [3.8, 4) is 0 Å². The first-order valence-electron chi connectivity index (χ1n) is 5.41. The maximum Gasteiger partial charge on any atom is 0.322 e. The van der Waals surface area contributed by atoms with E-state index in [-0.39, 0.29) is 5.78 Å². The predicted molar refractivity (Wildman–Crippen MR) is 70.4 cm³/mol. The van der Waals surface area contributed by atoms with Crippen molar-refractivity contribution < 1.29 is 9.53 Å². The van der Waals surface area contributed by atoms with Gasteiger partial charge in [0.25, 0.3) is 0 Å². The molecule has 0 aliphatic carbocycles. The molecule has 0 saturated carbocycles. The largest absolute Gasteiger partial charge is 0.456 e. The van der Waals surface area contributed by atoms with E-state index in [4.69, 9.17) is 27.9 Å². The summed E-state index contributed by atoms with van der Waals surface area (Å²) in [5, 5.41) is 0.756. The number of hydrogen-bond donors (Lipinski definition) is 0. The van der Waals surface area contributed by atoms with Gasteiger partial charge in [-0.15, -0.1) is 0 Å². The van der Waals surface area contributed by atoms with Crippen LogP contribution in [0.1, 0.15) is 20.3 Å². The molecule has 0 spiro atoms. The monoisotopic (exact) mass is 280 g/mol. The summed E-state index contributed by atoms with van der Waals surface area (Å²) in [5.74, 6) is 0.853. The van der Waals surface area contributed by atoms with Crippen molar-refractivity contribution in [2.24, 2.45) is 5.92 Å². The molecule has 1 heterocycles. The van der Waals surface area contributed by atoms with Gasteiger partial charge in [0.2, 0.25) is 5.78 Å². The summed E-state index contributed by atoms with van der Waals surface area (Å²) in [6.45, 7) is 10.4. The Balaban J connectivity index is 3.15. The SMILES string of the molecule is CC(C)CC1=C([Si](C)(C)C)C(=O)C(Cl)(Cl)O1. The van der Waals surface area contributed by atoms with Crippen LogP contribution < -0.4 is 0 Å². The smallest absolute Gasteiger partial charge is 0.322 e. The molecule has 1 aliphatic rings. The lowest BCUT2D eigenvalue weighted by Gasteiger charge is -2.17. The van der Waals surface area contributed by atoms with E-state index in [1.807, 2.05) is 0 Å². The molecule has 0 unspecified atom stereocenters. The maximum absolute atomic E-state index is 12.1. The van der Waals surface area contributed by atoms with E-state index in [1.165, 1.54) is 0 Å². The number of alkyl halides is 2. The van der Waals surface area contributed by atoms with Gasteiger partial charge in [-0.05, 0) is 29.1 Å². The first-order chi connectivity index (χ1) is 7.05. The summed E-state index contributed by atoms with van der Waals surface area (Å²) in [7, 11) is -1.77. The highest BCUT2D eigenvalue weighted by molar-refractivity contribution is 6.89. The van der Waals surface area contributed by atoms with Crippen LogP contribution in [-0.4, -0.2) is 18.4 Å². The molecular formula is C11H18Cl2O2Si. The van der Waals surface area contributed by atoms with E-state index >= 15 is 0 Å². The normalized spacial score (nSPS) is 20.6. The molecule has 0 radical (unpaired) electrons. The molecule has 0 bridgehead atoms. The maximum atomic E-state index is 12.1. The Morgan fingerprint density at radius 1 is 1.31 bits per heavy atom. The number of rotatable bonds is 3. The molecule has 0 saturated heterocycles. The van der Waals surface area contributed by atoms with Gasteiger partial charge >= 0.3 is 4.52 Å². The standard InChI is InChI=1S/C11H18Cl2O2Si/c1-7(2)6-8-9(16(3,4)5)10(14)11(12,13)15-8/h7H,6H2,1-5H3. The lowest BCUT2D eigenvalue weighted by Crippen LogP contribution is -2.33. The molecule has 1 aliphatic heterocycles. The van der Waals surface area contributed by atoms with E-state index in [1.54, 1.807) is 0 Å². The van der Waals surface area contributed by atoms with Gasteiger partial charge in [0.05, 0.1) is 8.07 Å². The number of Topliss-reactive ketones (excluding diaryl/α,β-unsaturated/α-hetero) is 1. The predicted octanol–water partition coefficient (Wildman–Crippen LogP) is 3.89. The Morgan fingerprint density at radius 2 is 1.81 bits per heavy atom. The van der Waals surface area contributed by atoms with Gasteiger partial charge in [-0.3, -0.25) is 4.79 Å². The van der Waals surface area contributed by atoms with Crippen LogP contribution in [0, 0.1) is 5.92 Å². The van der Waals surface area contributed by atoms with E-state index in [0.717, 1.165) is 5.20 Å². The van der Waals surface area contributed by atoms with E-state index in [0.29, 0.717) is 18.1 Å². The quantitative estimate of drug-likeness (QED) is 0.579. The molecule has 0 aromatic heterocycles. The molecule has 5 heteroatoms. The lowest BCUT2D eigenvalue weighted by atomic mass is 10.1. The van der Waals surface area contributed by atoms with E-state index < -0.39 is 12.6 Å². The molecule has 0 amide bonds. The highest BCUT2D eigenvalue weighted by Crippen LogP contribution is 2.42. The molecule has 0 aromatic carbocycles. The highest BCUT2D eigenvalue weighted by atomic mass is 35.5. The first kappa shape index (κ1) is 14.1. The van der Waals surface area contributed by atoms with Crippen LogP contribution >= 0.6 is 23.2 Å². The molecule has 16 heavy (non-hydrogen) atoms. The Kier molecular flexibility index (Phi) is 3.83. The number of ketones is 1. The second-order valence-corrected chi connectivity index (χ2v) is 11.9. The van der Waals surface area contributed by atoms with Crippen LogP contribution in [0.15, 0.2) is 11.0 Å². The third-order valence-electron chi connectivity index (χ3n) is 2.37. The van der Waals surface area contributed by atoms with Crippen LogP contribution in [0.25, 0.3) is 0 Å². The summed E-state index contributed by atoms with van der Waals surface area (Å²) in [5.41, 5.74) is 0. The van der Waals surface area contributed by atoms with Gasteiger partial charge in [-0.1, -0.05) is 33.5 Å². The second-order valence-electron chi connectivity index (χ2n) is 5.59. The average molecular weight is 281 g/mol. The van der Waals surface area contributed by atoms with Crippen LogP contribution in [0.4, 0.5) is 0 Å². The van der Waals surface area contributed by atoms with Gasteiger partial charge in [0, 0.05) is 11.6 Å². The number of carbonyl (C=O) groups excluding carboxylic acids is 1. The van der Waals surface area contributed by atoms with Crippen LogP contribution in [0.5, 0.6) is 0 Å². The molecule has 0 fully saturated rings. The van der Waals surface area contributed by atoms with Gasteiger partial charge < -0.3 is 4.74 Å². The van der Waals surface area contributed by atoms with Crippen molar-refractivity contribution in [2.45, 2.75) is 44.4 Å². The molecule has 0 N–H and O–H groups in total. The highest BCUT2D eigenvalue weighted by Gasteiger charge is 2.50. The van der Waals surface area contributed by atoms with Crippen molar-refractivity contribution in [1.82, 2.24) is 0 Å². The number of ether oxygens (including phenoxy) is 1. The van der Waals surface area contributed by atoms with Gasteiger partial charge in [-0.2, -0.15) is 0 Å². The minimum absolute atomic E-state index is 0.259. The minimum Gasteiger partial charge on any atom is -0.456 e. The van der Waals surface area contributed by atoms with Crippen LogP contribution in [0.3, 0.4) is 0 Å². The van der Waals surface area contributed by atoms with Crippen LogP contribution in [-0.2, 0) is 9.53 Å². The number of halogens is 2. The Hall–Kier alpha value is 0.00688. The summed E-state index contributed by atoms with van der Waals surface area (Å²) in [4.78, 5) is 12.1. The Labute approximate surface area is 108 Å². The number of allylic oxidation sites excluding steroid dienone is 1. The zero-order valence-electron chi connectivity index (χ0n) is 10.4. The van der Waals surface area contributed by atoms with Crippen molar-refractivity contribution in [3.05, 3.63) is 11.0 Å². The molecule has 92 valence electrons. The van der Waals surface area contributed by atoms with Crippen LogP contribution in [0.2, 0.25) is 19.6 Å². The summed E-state index contributed by atoms with van der Waals surface area (Å²) in [6, 6.07) is 0. The number of carbonyl (C=O) groups is 1. The second kappa shape index (κ2) is 4.35. The first-order valence-corrected chi connectivity index (χ1v) is 9.66. The molecular weight excluding hydrogens is 263 g/mol. The summed E-state index contributed by atoms with van der Waals surface area (Å²) in [6.07, 6.45) is 0.715. The van der Waals surface area contributed by atoms with Crippen molar-refractivity contribution in [2.75, 3.05) is 0 Å². The van der Waals surface area contributed by atoms with E-state index in [9.17, 15) is 4.79 Å². The fourth-order valence-corrected chi connectivity index (χ4v) is 4.18. The van der Waals surface area contributed by atoms with Crippen molar-refractivity contribution >= 4 is 37.1 Å². The molecule has 0 atom stereocenters. The van der Waals surface area contributed by atoms with Crippen molar-refractivity contribution in [3.63, 3.8) is 0 Å². The van der Waals surface area contributed by atoms with Crippen molar-refractivity contribution in [1.29, 1.82) is 0 Å². The van der Waals surface area contributed by atoms with Gasteiger partial charge in [0.15, 0.2) is 0 Å². The third-order valence-corrected chi connectivity index (χ3v) is 4.87. The minimum atomic E-state index is -1.77. The topological polar surface area (TPSA) is 26.3 Å².